The van der Waals surface area contributed by atoms with Crippen molar-refractivity contribution in [2.45, 2.75) is 57.6 Å². The molecule has 0 radical (unpaired) electrons. The quantitative estimate of drug-likeness (QED) is 0.275. The van der Waals surface area contributed by atoms with E-state index in [4.69, 9.17) is 27.9 Å². The number of halogens is 2. The molecular weight excluding hydrogens is 585 g/mol. The van der Waals surface area contributed by atoms with Gasteiger partial charge >= 0.3 is 0 Å². The van der Waals surface area contributed by atoms with Crippen molar-refractivity contribution in [2.75, 3.05) is 18.0 Å². The lowest BCUT2D eigenvalue weighted by Crippen LogP contribution is -2.52. The number of amides is 2. The summed E-state index contributed by atoms with van der Waals surface area (Å²) in [6.45, 7) is 6.73. The summed E-state index contributed by atoms with van der Waals surface area (Å²) in [4.78, 5) is 28.5. The van der Waals surface area contributed by atoms with Gasteiger partial charge in [0.25, 0.3) is 10.0 Å². The van der Waals surface area contributed by atoms with Gasteiger partial charge in [-0.1, -0.05) is 53.9 Å². The Morgan fingerprint density at radius 3 is 2.15 bits per heavy atom. The summed E-state index contributed by atoms with van der Waals surface area (Å²) in [7, 11) is -2.66. The lowest BCUT2D eigenvalue weighted by atomic mass is 10.1. The van der Waals surface area contributed by atoms with Gasteiger partial charge in [0.2, 0.25) is 11.8 Å². The number of hydrogen-bond donors (Lipinski definition) is 1. The number of carbonyl (C=O) groups excluding carboxylic acids is 2. The molecule has 0 bridgehead atoms. The molecule has 3 aromatic rings. The van der Waals surface area contributed by atoms with Gasteiger partial charge in [-0.15, -0.1) is 0 Å². The predicted octanol–water partition coefficient (Wildman–Crippen LogP) is 5.84. The molecule has 2 atom stereocenters. The Hall–Kier alpha value is -3.27. The van der Waals surface area contributed by atoms with E-state index in [1.165, 1.54) is 24.1 Å². The zero-order valence-electron chi connectivity index (χ0n) is 23.7. The second kappa shape index (κ2) is 14.1. The first-order valence-corrected chi connectivity index (χ1v) is 15.3. The van der Waals surface area contributed by atoms with Gasteiger partial charge in [0.1, 0.15) is 18.3 Å². The van der Waals surface area contributed by atoms with Crippen molar-refractivity contribution in [1.29, 1.82) is 0 Å². The molecule has 11 heteroatoms. The number of carbonyl (C=O) groups is 2. The van der Waals surface area contributed by atoms with Crippen LogP contribution in [0.15, 0.2) is 71.6 Å². The van der Waals surface area contributed by atoms with Gasteiger partial charge in [-0.05, 0) is 81.3 Å². The van der Waals surface area contributed by atoms with Crippen molar-refractivity contribution in [1.82, 2.24) is 10.2 Å². The number of ether oxygens (including phenoxy) is 1. The van der Waals surface area contributed by atoms with E-state index in [1.807, 2.05) is 20.8 Å². The first-order chi connectivity index (χ1) is 19.4. The molecule has 0 saturated heterocycles. The van der Waals surface area contributed by atoms with E-state index in [0.717, 1.165) is 9.87 Å². The van der Waals surface area contributed by atoms with E-state index >= 15 is 0 Å². The van der Waals surface area contributed by atoms with Gasteiger partial charge in [0.05, 0.1) is 27.7 Å². The molecule has 2 amide bonds. The van der Waals surface area contributed by atoms with Crippen molar-refractivity contribution >= 4 is 50.7 Å². The molecule has 220 valence electrons. The SMILES string of the molecule is CC[C@@H](C)NC(=O)[C@H](C)N(Cc1ccc(Cl)c(Cl)c1)C(=O)CN(c1ccc(OC)cc1)S(=O)(=O)c1ccc(C)cc1. The van der Waals surface area contributed by atoms with Crippen LogP contribution >= 0.6 is 23.2 Å². The molecule has 0 heterocycles. The number of nitrogens with one attached hydrogen (secondary N) is 1. The smallest absolute Gasteiger partial charge is 0.264 e. The molecule has 1 N–H and O–H groups in total. The molecule has 0 aliphatic heterocycles. The number of benzene rings is 3. The Bertz CT molecular complexity index is 1460. The van der Waals surface area contributed by atoms with Gasteiger partial charge in [-0.2, -0.15) is 0 Å². The third kappa shape index (κ3) is 8.15. The Kier molecular flexibility index (Phi) is 11.1. The normalized spacial score (nSPS) is 12.8. The van der Waals surface area contributed by atoms with E-state index in [1.54, 1.807) is 61.5 Å². The maximum absolute atomic E-state index is 14.0. The van der Waals surface area contributed by atoms with Crippen molar-refractivity contribution in [2.24, 2.45) is 0 Å². The topological polar surface area (TPSA) is 96.0 Å². The summed E-state index contributed by atoms with van der Waals surface area (Å²) >= 11 is 12.3. The number of anilines is 1. The van der Waals surface area contributed by atoms with Gasteiger partial charge in [-0.3, -0.25) is 13.9 Å². The lowest BCUT2D eigenvalue weighted by Gasteiger charge is -2.32. The van der Waals surface area contributed by atoms with Gasteiger partial charge in [0.15, 0.2) is 0 Å². The van der Waals surface area contributed by atoms with Crippen molar-refractivity contribution in [3.63, 3.8) is 0 Å². The van der Waals surface area contributed by atoms with E-state index in [-0.39, 0.29) is 29.1 Å². The van der Waals surface area contributed by atoms with E-state index in [2.05, 4.69) is 5.32 Å². The zero-order chi connectivity index (χ0) is 30.3. The maximum atomic E-state index is 14.0. The highest BCUT2D eigenvalue weighted by molar-refractivity contribution is 7.92. The molecule has 0 unspecified atom stereocenters. The number of methoxy groups -OCH3 is 1. The fourth-order valence-corrected chi connectivity index (χ4v) is 5.73. The predicted molar refractivity (Wildman–Crippen MR) is 163 cm³/mol. The van der Waals surface area contributed by atoms with Crippen LogP contribution < -0.4 is 14.4 Å². The Morgan fingerprint density at radius 1 is 0.951 bits per heavy atom. The lowest BCUT2D eigenvalue weighted by molar-refractivity contribution is -0.139. The monoisotopic (exact) mass is 619 g/mol. The van der Waals surface area contributed by atoms with Crippen LogP contribution in [0.25, 0.3) is 0 Å². The highest BCUT2D eigenvalue weighted by atomic mass is 35.5. The fraction of sp³-hybridized carbons (Fsp3) is 0.333. The van der Waals surface area contributed by atoms with E-state index in [0.29, 0.717) is 27.8 Å². The molecule has 0 fully saturated rings. The molecule has 0 spiro atoms. The Balaban J connectivity index is 2.04. The highest BCUT2D eigenvalue weighted by Crippen LogP contribution is 2.28. The van der Waals surface area contributed by atoms with Crippen molar-refractivity contribution in [3.8, 4) is 5.75 Å². The summed E-state index contributed by atoms with van der Waals surface area (Å²) in [6.07, 6.45) is 0.708. The van der Waals surface area contributed by atoms with E-state index in [9.17, 15) is 18.0 Å². The molecule has 0 aromatic heterocycles. The van der Waals surface area contributed by atoms with Crippen molar-refractivity contribution < 1.29 is 22.7 Å². The molecule has 3 rings (SSSR count). The second-order valence-corrected chi connectivity index (χ2v) is 12.5. The Labute approximate surface area is 252 Å². The maximum Gasteiger partial charge on any atom is 0.264 e. The summed E-state index contributed by atoms with van der Waals surface area (Å²) in [6, 6.07) is 16.7. The van der Waals surface area contributed by atoms with Crippen LogP contribution in [0.4, 0.5) is 5.69 Å². The third-order valence-corrected chi connectivity index (χ3v) is 9.28. The van der Waals surface area contributed by atoms with Crippen LogP contribution in [0.1, 0.15) is 38.3 Å². The first kappa shape index (κ1) is 32.2. The highest BCUT2D eigenvalue weighted by Gasteiger charge is 2.33. The van der Waals surface area contributed by atoms with Crippen molar-refractivity contribution in [3.05, 3.63) is 87.9 Å². The number of rotatable bonds is 12. The molecule has 41 heavy (non-hydrogen) atoms. The fourth-order valence-electron chi connectivity index (χ4n) is 4.00. The molecular formula is C30H35Cl2N3O5S. The average molecular weight is 621 g/mol. The number of nitrogens with zero attached hydrogens (tertiary/aromatic N) is 2. The van der Waals surface area contributed by atoms with Crippen LogP contribution in [0.3, 0.4) is 0 Å². The number of sulfonamides is 1. The summed E-state index contributed by atoms with van der Waals surface area (Å²) in [5.74, 6) is -0.399. The van der Waals surface area contributed by atoms with E-state index < -0.39 is 28.5 Å². The molecule has 3 aromatic carbocycles. The van der Waals surface area contributed by atoms with Crippen LogP contribution in [-0.4, -0.2) is 50.9 Å². The molecule has 0 saturated carbocycles. The standard InChI is InChI=1S/C30H35Cl2N3O5S/c1-6-21(3)33-30(37)22(4)34(18-23-9-16-27(31)28(32)17-23)29(36)19-35(24-10-12-25(40-5)13-11-24)41(38,39)26-14-7-20(2)8-15-26/h7-17,21-22H,6,18-19H2,1-5H3,(H,33,37)/t21-,22+/m1/s1. The second-order valence-electron chi connectivity index (χ2n) is 9.79. The minimum atomic E-state index is -4.17. The summed E-state index contributed by atoms with van der Waals surface area (Å²) in [5, 5.41) is 3.56. The molecule has 8 nitrogen and oxygen atoms in total. The molecule has 0 aliphatic carbocycles. The van der Waals surface area contributed by atoms with Crippen LogP contribution in [0.5, 0.6) is 5.75 Å². The van der Waals surface area contributed by atoms with Gasteiger partial charge in [-0.25, -0.2) is 8.42 Å². The number of hydrogen-bond acceptors (Lipinski definition) is 5. The molecule has 0 aliphatic rings. The minimum absolute atomic E-state index is 0.00580. The van der Waals surface area contributed by atoms with Crippen LogP contribution in [-0.2, 0) is 26.2 Å². The largest absolute Gasteiger partial charge is 0.497 e. The average Bonchev–Trinajstić information content (AvgIpc) is 2.96. The van der Waals surface area contributed by atoms with Crippen LogP contribution in [0.2, 0.25) is 10.0 Å². The van der Waals surface area contributed by atoms with Crippen LogP contribution in [0, 0.1) is 6.92 Å². The Morgan fingerprint density at radius 2 is 1.59 bits per heavy atom. The zero-order valence-corrected chi connectivity index (χ0v) is 26.1. The first-order valence-electron chi connectivity index (χ1n) is 13.1. The minimum Gasteiger partial charge on any atom is -0.497 e. The van der Waals surface area contributed by atoms with Gasteiger partial charge in [0, 0.05) is 12.6 Å². The summed E-state index contributed by atoms with van der Waals surface area (Å²) < 4.78 is 34.1. The van der Waals surface area contributed by atoms with Gasteiger partial charge < -0.3 is 15.0 Å². The summed E-state index contributed by atoms with van der Waals surface area (Å²) in [5.41, 5.74) is 1.80. The number of aryl methyl sites for hydroxylation is 1. The third-order valence-electron chi connectivity index (χ3n) is 6.75.